The molecule has 0 bridgehead atoms. The zero-order chi connectivity index (χ0) is 21.4. The van der Waals surface area contributed by atoms with Crippen LogP contribution in [0.2, 0.25) is 0 Å². The normalized spacial score (nSPS) is 15.5. The summed E-state index contributed by atoms with van der Waals surface area (Å²) in [5, 5.41) is 10.7. The van der Waals surface area contributed by atoms with Gasteiger partial charge in [0.1, 0.15) is 5.65 Å². The Balaban J connectivity index is 1.40. The minimum absolute atomic E-state index is 0.355. The van der Waals surface area contributed by atoms with E-state index in [-0.39, 0.29) is 5.75 Å². The monoisotopic (exact) mass is 416 g/mol. The van der Waals surface area contributed by atoms with Crippen molar-refractivity contribution in [2.45, 2.75) is 6.54 Å². The van der Waals surface area contributed by atoms with Crippen molar-refractivity contribution in [3.63, 3.8) is 0 Å². The van der Waals surface area contributed by atoms with E-state index in [1.54, 1.807) is 6.07 Å². The number of halogens is 1. The van der Waals surface area contributed by atoms with Crippen LogP contribution in [-0.4, -0.2) is 58.1 Å². The molecule has 0 spiro atoms. The molecule has 2 aromatic heterocycles. The molecule has 1 aliphatic rings. The van der Waals surface area contributed by atoms with Crippen molar-refractivity contribution in [2.75, 3.05) is 33.2 Å². The molecule has 6 heteroatoms. The van der Waals surface area contributed by atoms with E-state index in [1.807, 2.05) is 12.4 Å². The molecule has 158 valence electrons. The molecule has 1 fully saturated rings. The third kappa shape index (κ3) is 4.04. The van der Waals surface area contributed by atoms with Gasteiger partial charge in [-0.05, 0) is 41.9 Å². The number of aromatic hydroxyl groups is 1. The molecule has 0 amide bonds. The fourth-order valence-corrected chi connectivity index (χ4v) is 4.15. The molecule has 1 aliphatic heterocycles. The number of fused-ring (bicyclic) bond motifs is 1. The van der Waals surface area contributed by atoms with Gasteiger partial charge in [0.15, 0.2) is 11.6 Å². The van der Waals surface area contributed by atoms with Crippen molar-refractivity contribution in [3.05, 3.63) is 72.3 Å². The molecule has 1 saturated heterocycles. The standard InChI is InChI=1S/C25H25FN4O/c1-29-8-10-30(11-9-29)16-17-2-4-18(5-3-17)20-12-21-22(15-28-25(21)27-14-20)19-6-7-23(26)24(31)13-19/h2-7,12-15,31H,8-11,16H2,1H3,(H,27,28). The van der Waals surface area contributed by atoms with Gasteiger partial charge in [0, 0.05) is 61.6 Å². The third-order valence-electron chi connectivity index (χ3n) is 6.08. The number of phenols is 1. The van der Waals surface area contributed by atoms with Gasteiger partial charge < -0.3 is 15.0 Å². The van der Waals surface area contributed by atoms with Crippen molar-refractivity contribution < 1.29 is 9.50 Å². The summed E-state index contributed by atoms with van der Waals surface area (Å²) in [5.74, 6) is -0.981. The summed E-state index contributed by atoms with van der Waals surface area (Å²) in [6.07, 6.45) is 3.70. The van der Waals surface area contributed by atoms with E-state index in [1.165, 1.54) is 17.7 Å². The molecule has 2 aromatic carbocycles. The maximum Gasteiger partial charge on any atom is 0.164 e. The molecule has 0 atom stereocenters. The van der Waals surface area contributed by atoms with Crippen LogP contribution in [0.1, 0.15) is 5.56 Å². The Bertz CT molecular complexity index is 1210. The molecular weight excluding hydrogens is 391 g/mol. The van der Waals surface area contributed by atoms with Crippen LogP contribution in [0.5, 0.6) is 5.75 Å². The molecule has 0 aliphatic carbocycles. The van der Waals surface area contributed by atoms with Gasteiger partial charge in [0.05, 0.1) is 0 Å². The number of H-pyrrole nitrogens is 1. The van der Waals surface area contributed by atoms with E-state index in [0.717, 1.165) is 66.0 Å². The highest BCUT2D eigenvalue weighted by Crippen LogP contribution is 2.33. The lowest BCUT2D eigenvalue weighted by atomic mass is 10.0. The van der Waals surface area contributed by atoms with Crippen molar-refractivity contribution in [2.24, 2.45) is 0 Å². The van der Waals surface area contributed by atoms with Crippen LogP contribution in [0.3, 0.4) is 0 Å². The van der Waals surface area contributed by atoms with Gasteiger partial charge in [-0.15, -0.1) is 0 Å². The maximum atomic E-state index is 13.5. The third-order valence-corrected chi connectivity index (χ3v) is 6.08. The average molecular weight is 417 g/mol. The SMILES string of the molecule is CN1CCN(Cc2ccc(-c3cnc4[nH]cc(-c5ccc(F)c(O)c5)c4c3)cc2)CC1. The Morgan fingerprint density at radius 1 is 0.968 bits per heavy atom. The van der Waals surface area contributed by atoms with E-state index in [2.05, 4.69) is 57.1 Å². The van der Waals surface area contributed by atoms with Crippen molar-refractivity contribution in [1.29, 1.82) is 0 Å². The Hall–Kier alpha value is -3.22. The van der Waals surface area contributed by atoms with Gasteiger partial charge >= 0.3 is 0 Å². The first-order valence-corrected chi connectivity index (χ1v) is 10.5. The topological polar surface area (TPSA) is 55.4 Å². The van der Waals surface area contributed by atoms with E-state index < -0.39 is 5.82 Å². The predicted molar refractivity (Wildman–Crippen MR) is 121 cm³/mol. The molecule has 4 aromatic rings. The number of nitrogens with zero attached hydrogens (tertiary/aromatic N) is 3. The van der Waals surface area contributed by atoms with Crippen LogP contribution in [0, 0.1) is 5.82 Å². The number of aromatic nitrogens is 2. The molecular formula is C25H25FN4O. The zero-order valence-electron chi connectivity index (χ0n) is 17.5. The molecule has 2 N–H and O–H groups in total. The number of aromatic amines is 1. The number of phenolic OH excluding ortho intramolecular Hbond substituents is 1. The minimum atomic E-state index is -0.626. The lowest BCUT2D eigenvalue weighted by Crippen LogP contribution is -2.43. The second-order valence-corrected chi connectivity index (χ2v) is 8.27. The Kier molecular flexibility index (Phi) is 5.18. The van der Waals surface area contributed by atoms with Crippen LogP contribution in [-0.2, 0) is 6.54 Å². The molecule has 0 radical (unpaired) electrons. The Labute approximate surface area is 180 Å². The van der Waals surface area contributed by atoms with Gasteiger partial charge in [0.2, 0.25) is 0 Å². The number of hydrogen-bond acceptors (Lipinski definition) is 4. The van der Waals surface area contributed by atoms with Crippen LogP contribution in [0.25, 0.3) is 33.3 Å². The zero-order valence-corrected chi connectivity index (χ0v) is 17.5. The Morgan fingerprint density at radius 3 is 2.45 bits per heavy atom. The van der Waals surface area contributed by atoms with Gasteiger partial charge in [-0.1, -0.05) is 30.3 Å². The number of hydrogen-bond donors (Lipinski definition) is 2. The van der Waals surface area contributed by atoms with Gasteiger partial charge in [-0.2, -0.15) is 0 Å². The second-order valence-electron chi connectivity index (χ2n) is 8.27. The summed E-state index contributed by atoms with van der Waals surface area (Å²) in [7, 11) is 2.17. The van der Waals surface area contributed by atoms with Gasteiger partial charge in [0.25, 0.3) is 0 Å². The van der Waals surface area contributed by atoms with Crippen molar-refractivity contribution in [1.82, 2.24) is 19.8 Å². The lowest BCUT2D eigenvalue weighted by molar-refractivity contribution is 0.148. The summed E-state index contributed by atoms with van der Waals surface area (Å²) in [6.45, 7) is 5.42. The number of piperazine rings is 1. The van der Waals surface area contributed by atoms with Crippen molar-refractivity contribution >= 4 is 11.0 Å². The fourth-order valence-electron chi connectivity index (χ4n) is 4.15. The summed E-state index contributed by atoms with van der Waals surface area (Å²) in [4.78, 5) is 12.6. The average Bonchev–Trinajstić information content (AvgIpc) is 3.21. The number of likely N-dealkylation sites (N-methyl/N-ethyl adjacent to an activating group) is 1. The molecule has 5 rings (SSSR count). The quantitative estimate of drug-likeness (QED) is 0.515. The highest BCUT2D eigenvalue weighted by Gasteiger charge is 2.14. The minimum Gasteiger partial charge on any atom is -0.505 e. The smallest absolute Gasteiger partial charge is 0.164 e. The second kappa shape index (κ2) is 8.13. The molecule has 0 saturated carbocycles. The molecule has 0 unspecified atom stereocenters. The van der Waals surface area contributed by atoms with Gasteiger partial charge in [-0.25, -0.2) is 9.37 Å². The highest BCUT2D eigenvalue weighted by atomic mass is 19.1. The van der Waals surface area contributed by atoms with Crippen LogP contribution >= 0.6 is 0 Å². The first-order chi connectivity index (χ1) is 15.1. The maximum absolute atomic E-state index is 13.5. The van der Waals surface area contributed by atoms with E-state index in [9.17, 15) is 9.50 Å². The largest absolute Gasteiger partial charge is 0.505 e. The number of nitrogens with one attached hydrogen (secondary N) is 1. The summed E-state index contributed by atoms with van der Waals surface area (Å²) in [6, 6.07) is 15.1. The number of rotatable bonds is 4. The highest BCUT2D eigenvalue weighted by molar-refractivity contribution is 5.96. The van der Waals surface area contributed by atoms with E-state index in [0.29, 0.717) is 0 Å². The van der Waals surface area contributed by atoms with E-state index >= 15 is 0 Å². The first kappa shape index (κ1) is 19.7. The Morgan fingerprint density at radius 2 is 1.71 bits per heavy atom. The summed E-state index contributed by atoms with van der Waals surface area (Å²) in [5.41, 5.74) is 5.81. The summed E-state index contributed by atoms with van der Waals surface area (Å²) >= 11 is 0. The fraction of sp³-hybridized carbons (Fsp3) is 0.240. The predicted octanol–water partition coefficient (Wildman–Crippen LogP) is 4.49. The number of pyridine rings is 1. The molecule has 5 nitrogen and oxygen atoms in total. The van der Waals surface area contributed by atoms with Crippen LogP contribution in [0.15, 0.2) is 60.9 Å². The first-order valence-electron chi connectivity index (χ1n) is 10.5. The van der Waals surface area contributed by atoms with Crippen LogP contribution < -0.4 is 0 Å². The molecule has 31 heavy (non-hydrogen) atoms. The molecule has 3 heterocycles. The van der Waals surface area contributed by atoms with Crippen LogP contribution in [0.4, 0.5) is 4.39 Å². The van der Waals surface area contributed by atoms with Crippen molar-refractivity contribution in [3.8, 4) is 28.0 Å². The van der Waals surface area contributed by atoms with Gasteiger partial charge in [-0.3, -0.25) is 4.90 Å². The van der Waals surface area contributed by atoms with E-state index in [4.69, 9.17) is 0 Å². The number of benzene rings is 2. The summed E-state index contributed by atoms with van der Waals surface area (Å²) < 4.78 is 13.5. The lowest BCUT2D eigenvalue weighted by Gasteiger charge is -2.32.